The highest BCUT2D eigenvalue weighted by molar-refractivity contribution is 9.10. The fourth-order valence-corrected chi connectivity index (χ4v) is 5.07. The monoisotopic (exact) mass is 510 g/mol. The third-order valence-electron chi connectivity index (χ3n) is 5.98. The lowest BCUT2D eigenvalue weighted by molar-refractivity contribution is 0.0870. The van der Waals surface area contributed by atoms with Gasteiger partial charge in [0.05, 0.1) is 6.61 Å². The molecule has 1 amide bonds. The van der Waals surface area contributed by atoms with Gasteiger partial charge in [-0.15, -0.1) is 0 Å². The Hall–Kier alpha value is -1.27. The van der Waals surface area contributed by atoms with E-state index in [0.717, 1.165) is 41.2 Å². The van der Waals surface area contributed by atoms with Gasteiger partial charge in [0.2, 0.25) is 0 Å². The first-order chi connectivity index (χ1) is 14.5. The molecule has 2 aromatic rings. The lowest BCUT2D eigenvalue weighted by atomic mass is 9.89. The average molecular weight is 512 g/mol. The molecule has 0 aromatic heterocycles. The first-order valence-electron chi connectivity index (χ1n) is 10.3. The van der Waals surface area contributed by atoms with Crippen LogP contribution in [0.5, 0.6) is 0 Å². The number of carbonyl (C=O) groups excluding carboxylic acids is 1. The minimum Gasteiger partial charge on any atom is -0.449 e. The molecule has 0 aliphatic carbocycles. The summed E-state index contributed by atoms with van der Waals surface area (Å²) in [6.45, 7) is 4.27. The van der Waals surface area contributed by atoms with E-state index in [1.807, 2.05) is 24.3 Å². The van der Waals surface area contributed by atoms with Crippen molar-refractivity contribution in [3.8, 4) is 0 Å². The van der Waals surface area contributed by atoms with Crippen LogP contribution < -0.4 is 4.90 Å². The van der Waals surface area contributed by atoms with Crippen molar-refractivity contribution in [2.75, 3.05) is 37.7 Å². The lowest BCUT2D eigenvalue weighted by Gasteiger charge is -2.38. The van der Waals surface area contributed by atoms with Gasteiger partial charge in [0.1, 0.15) is 0 Å². The number of carbonyl (C=O) groups is 1. The van der Waals surface area contributed by atoms with Crippen LogP contribution >= 0.6 is 39.1 Å². The van der Waals surface area contributed by atoms with E-state index >= 15 is 0 Å². The summed E-state index contributed by atoms with van der Waals surface area (Å²) in [6.07, 6.45) is 3.12. The van der Waals surface area contributed by atoms with Gasteiger partial charge in [-0.25, -0.2) is 4.79 Å². The van der Waals surface area contributed by atoms with Gasteiger partial charge in [-0.05, 0) is 86.3 Å². The smallest absolute Gasteiger partial charge is 0.414 e. The molecule has 2 aliphatic rings. The van der Waals surface area contributed by atoms with E-state index in [1.54, 1.807) is 17.0 Å². The molecule has 7 heteroatoms. The molecule has 2 fully saturated rings. The number of hydrogen-bond acceptors (Lipinski definition) is 3. The van der Waals surface area contributed by atoms with E-state index in [1.165, 1.54) is 18.4 Å². The number of anilines is 1. The van der Waals surface area contributed by atoms with Crippen molar-refractivity contribution in [1.82, 2.24) is 4.90 Å². The molecule has 4 rings (SSSR count). The van der Waals surface area contributed by atoms with E-state index in [-0.39, 0.29) is 6.09 Å². The Bertz CT molecular complexity index is 885. The molecule has 2 saturated heterocycles. The molecule has 2 aliphatic heterocycles. The van der Waals surface area contributed by atoms with Crippen LogP contribution in [0.25, 0.3) is 0 Å². The highest BCUT2D eigenvalue weighted by Crippen LogP contribution is 2.29. The zero-order valence-corrected chi connectivity index (χ0v) is 19.8. The number of cyclic esters (lactones) is 1. The number of hydrogen-bond donors (Lipinski definition) is 0. The SMILES string of the molecule is O=C1OCC(CN2CCC(Cc3cc(Cl)ccc3Br)CC2)CN1c1ccc(Cl)cc1. The molecule has 0 N–H and O–H groups in total. The number of rotatable bonds is 5. The Morgan fingerprint density at radius 3 is 2.43 bits per heavy atom. The normalized spacial score (nSPS) is 21.0. The highest BCUT2D eigenvalue weighted by atomic mass is 79.9. The summed E-state index contributed by atoms with van der Waals surface area (Å²) in [4.78, 5) is 16.5. The van der Waals surface area contributed by atoms with Gasteiger partial charge in [-0.2, -0.15) is 0 Å². The Morgan fingerprint density at radius 1 is 1.00 bits per heavy atom. The number of benzene rings is 2. The summed E-state index contributed by atoms with van der Waals surface area (Å²) in [5.41, 5.74) is 2.12. The molecule has 1 atom stereocenters. The standard InChI is InChI=1S/C23H25BrCl2N2O2/c24-22-6-3-20(26)12-18(22)11-16-7-9-27(10-8-16)13-17-14-28(23(29)30-15-17)21-4-1-19(25)2-5-21/h1-6,12,16-17H,7-11,13-15H2. The third kappa shape index (κ3) is 5.50. The van der Waals surface area contributed by atoms with E-state index in [4.69, 9.17) is 27.9 Å². The minimum atomic E-state index is -0.278. The third-order valence-corrected chi connectivity index (χ3v) is 7.24. The van der Waals surface area contributed by atoms with Gasteiger partial charge in [0.25, 0.3) is 0 Å². The van der Waals surface area contributed by atoms with Crippen LogP contribution in [-0.2, 0) is 11.2 Å². The van der Waals surface area contributed by atoms with Gasteiger partial charge < -0.3 is 9.64 Å². The molecular weight excluding hydrogens is 487 g/mol. The maximum Gasteiger partial charge on any atom is 0.414 e. The van der Waals surface area contributed by atoms with Crippen molar-refractivity contribution in [2.24, 2.45) is 11.8 Å². The number of halogens is 3. The fraction of sp³-hybridized carbons (Fsp3) is 0.435. The second kappa shape index (κ2) is 9.90. The zero-order valence-electron chi connectivity index (χ0n) is 16.7. The van der Waals surface area contributed by atoms with Crippen LogP contribution in [0.1, 0.15) is 18.4 Å². The zero-order chi connectivity index (χ0) is 21.1. The molecule has 2 aromatic carbocycles. The van der Waals surface area contributed by atoms with Crippen LogP contribution in [0, 0.1) is 11.8 Å². The second-order valence-electron chi connectivity index (χ2n) is 8.21. The van der Waals surface area contributed by atoms with E-state index in [0.29, 0.717) is 30.0 Å². The number of nitrogens with zero attached hydrogens (tertiary/aromatic N) is 2. The number of likely N-dealkylation sites (tertiary alicyclic amines) is 1. The Morgan fingerprint density at radius 2 is 1.70 bits per heavy atom. The van der Waals surface area contributed by atoms with E-state index in [9.17, 15) is 4.79 Å². The molecule has 30 heavy (non-hydrogen) atoms. The van der Waals surface area contributed by atoms with Crippen molar-refractivity contribution < 1.29 is 9.53 Å². The van der Waals surface area contributed by atoms with Crippen molar-refractivity contribution >= 4 is 50.9 Å². The predicted molar refractivity (Wildman–Crippen MR) is 126 cm³/mol. The number of piperidine rings is 1. The van der Waals surface area contributed by atoms with Gasteiger partial charge in [-0.3, -0.25) is 4.90 Å². The molecule has 0 spiro atoms. The lowest BCUT2D eigenvalue weighted by Crippen LogP contribution is -2.48. The van der Waals surface area contributed by atoms with Crippen LogP contribution in [0.15, 0.2) is 46.9 Å². The van der Waals surface area contributed by atoms with Crippen molar-refractivity contribution in [3.63, 3.8) is 0 Å². The summed E-state index contributed by atoms with van der Waals surface area (Å²) in [5, 5.41) is 1.45. The summed E-state index contributed by atoms with van der Waals surface area (Å²) in [6, 6.07) is 13.4. The molecule has 0 bridgehead atoms. The van der Waals surface area contributed by atoms with Gasteiger partial charge in [-0.1, -0.05) is 39.1 Å². The Balaban J connectivity index is 1.29. The van der Waals surface area contributed by atoms with Crippen molar-refractivity contribution in [2.45, 2.75) is 19.3 Å². The van der Waals surface area contributed by atoms with Crippen LogP contribution in [-0.4, -0.2) is 43.8 Å². The van der Waals surface area contributed by atoms with Gasteiger partial charge in [0.15, 0.2) is 0 Å². The number of amides is 1. The van der Waals surface area contributed by atoms with E-state index in [2.05, 4.69) is 26.9 Å². The topological polar surface area (TPSA) is 32.8 Å². The molecular formula is C23H25BrCl2N2O2. The molecule has 160 valence electrons. The highest BCUT2D eigenvalue weighted by Gasteiger charge is 2.30. The molecule has 1 unspecified atom stereocenters. The van der Waals surface area contributed by atoms with E-state index < -0.39 is 0 Å². The van der Waals surface area contributed by atoms with Crippen LogP contribution in [0.3, 0.4) is 0 Å². The first-order valence-corrected chi connectivity index (χ1v) is 11.9. The average Bonchev–Trinajstić information content (AvgIpc) is 2.74. The Labute approximate surface area is 196 Å². The summed E-state index contributed by atoms with van der Waals surface area (Å²) < 4.78 is 6.60. The maximum absolute atomic E-state index is 12.2. The Kier molecular flexibility index (Phi) is 7.24. The summed E-state index contributed by atoms with van der Waals surface area (Å²) >= 11 is 15.8. The minimum absolute atomic E-state index is 0.278. The molecule has 0 radical (unpaired) electrons. The second-order valence-corrected chi connectivity index (χ2v) is 9.94. The summed E-state index contributed by atoms with van der Waals surface area (Å²) in [5.74, 6) is 0.975. The van der Waals surface area contributed by atoms with Crippen LogP contribution in [0.4, 0.5) is 10.5 Å². The van der Waals surface area contributed by atoms with Gasteiger partial charge in [0, 0.05) is 39.2 Å². The molecule has 4 nitrogen and oxygen atoms in total. The summed E-state index contributed by atoms with van der Waals surface area (Å²) in [7, 11) is 0. The predicted octanol–water partition coefficient (Wildman–Crippen LogP) is 6.28. The molecule has 2 heterocycles. The number of ether oxygens (including phenoxy) is 1. The quantitative estimate of drug-likeness (QED) is 0.473. The molecule has 0 saturated carbocycles. The van der Waals surface area contributed by atoms with Crippen molar-refractivity contribution in [1.29, 1.82) is 0 Å². The first kappa shape index (κ1) is 21.9. The van der Waals surface area contributed by atoms with Crippen LogP contribution in [0.2, 0.25) is 10.0 Å². The maximum atomic E-state index is 12.2. The largest absolute Gasteiger partial charge is 0.449 e. The van der Waals surface area contributed by atoms with Crippen molar-refractivity contribution in [3.05, 3.63) is 62.5 Å². The van der Waals surface area contributed by atoms with Gasteiger partial charge >= 0.3 is 6.09 Å². The fourth-order valence-electron chi connectivity index (χ4n) is 4.34.